The van der Waals surface area contributed by atoms with Crippen LogP contribution in [0.3, 0.4) is 0 Å². The van der Waals surface area contributed by atoms with Crippen LogP contribution in [0.15, 0.2) is 28.3 Å². The molecule has 10 heteroatoms. The van der Waals surface area contributed by atoms with Gasteiger partial charge in [-0.05, 0) is 0 Å². The first-order chi connectivity index (χ1) is 10.5. The highest BCUT2D eigenvalue weighted by atomic mass is 16.6. The van der Waals surface area contributed by atoms with E-state index in [1.165, 1.54) is 23.3 Å². The molecule has 0 bridgehead atoms. The smallest absolute Gasteiger partial charge is 0.325 e. The molecule has 118 valence electrons. The van der Waals surface area contributed by atoms with Gasteiger partial charge >= 0.3 is 5.69 Å². The molecular weight excluding hydrogens is 296 g/mol. The number of hydrogen-bond donors (Lipinski definition) is 5. The lowest BCUT2D eigenvalue weighted by Crippen LogP contribution is -2.33. The van der Waals surface area contributed by atoms with E-state index in [4.69, 9.17) is 9.84 Å². The molecule has 2 aromatic heterocycles. The Morgan fingerprint density at radius 3 is 2.73 bits per heavy atom. The highest BCUT2D eigenvalue weighted by molar-refractivity contribution is 5.55. The summed E-state index contributed by atoms with van der Waals surface area (Å²) in [5.41, 5.74) is -0.827. The Labute approximate surface area is 122 Å². The quantitative estimate of drug-likeness (QED) is 0.421. The summed E-state index contributed by atoms with van der Waals surface area (Å²) in [6.07, 6.45) is -0.322. The lowest BCUT2D eigenvalue weighted by atomic mass is 10.1. The molecule has 1 saturated heterocycles. The molecule has 3 rings (SSSR count). The largest absolute Gasteiger partial charge is 0.394 e. The predicted octanol–water partition coefficient (Wildman–Crippen LogP) is -2.46. The van der Waals surface area contributed by atoms with Crippen LogP contribution in [0.2, 0.25) is 0 Å². The summed E-state index contributed by atoms with van der Waals surface area (Å²) in [6, 6.07) is 0. The fraction of sp³-hybridized carbons (Fsp3) is 0.417. The molecule has 5 N–H and O–H groups in total. The molecule has 0 spiro atoms. The zero-order valence-electron chi connectivity index (χ0n) is 11.2. The third kappa shape index (κ3) is 2.37. The first-order valence-corrected chi connectivity index (χ1v) is 6.49. The van der Waals surface area contributed by atoms with Gasteiger partial charge in [0.25, 0.3) is 5.56 Å². The molecule has 0 unspecified atom stereocenters. The Hall–Kier alpha value is -2.27. The third-order valence-electron chi connectivity index (χ3n) is 3.51. The Kier molecular flexibility index (Phi) is 3.66. The molecule has 1 aliphatic heterocycles. The first kappa shape index (κ1) is 14.7. The van der Waals surface area contributed by atoms with Gasteiger partial charge in [0.1, 0.15) is 18.3 Å². The summed E-state index contributed by atoms with van der Waals surface area (Å²) >= 11 is 0. The monoisotopic (exact) mass is 310 g/mol. The van der Waals surface area contributed by atoms with Gasteiger partial charge in [-0.25, -0.2) is 9.78 Å². The van der Waals surface area contributed by atoms with Crippen LogP contribution in [-0.4, -0.2) is 59.8 Å². The minimum atomic E-state index is -1.24. The van der Waals surface area contributed by atoms with E-state index in [0.29, 0.717) is 0 Å². The van der Waals surface area contributed by atoms with Gasteiger partial charge in [-0.1, -0.05) is 0 Å². The van der Waals surface area contributed by atoms with E-state index >= 15 is 0 Å². The molecule has 1 aliphatic rings. The minimum Gasteiger partial charge on any atom is -0.394 e. The number of aromatic nitrogens is 4. The SMILES string of the molecule is O=c1[nH]cc(-c2cn([C@@H]3O[C@H](CO)[C@@H](O)[C@H]3O)cn2)c(=O)[nH]1. The van der Waals surface area contributed by atoms with Crippen LogP contribution in [0.4, 0.5) is 0 Å². The zero-order valence-corrected chi connectivity index (χ0v) is 11.2. The number of aromatic amines is 2. The molecule has 0 aromatic carbocycles. The van der Waals surface area contributed by atoms with Gasteiger partial charge < -0.3 is 29.6 Å². The molecule has 4 atom stereocenters. The molecule has 3 heterocycles. The van der Waals surface area contributed by atoms with Crippen LogP contribution in [0.25, 0.3) is 11.3 Å². The number of nitrogens with one attached hydrogen (secondary N) is 2. The van der Waals surface area contributed by atoms with Gasteiger partial charge in [0, 0.05) is 12.4 Å². The van der Waals surface area contributed by atoms with E-state index in [1.807, 2.05) is 0 Å². The average molecular weight is 310 g/mol. The van der Waals surface area contributed by atoms with Gasteiger partial charge in [0.15, 0.2) is 6.23 Å². The second kappa shape index (κ2) is 5.50. The standard InChI is InChI=1S/C12H14N4O6/c17-3-7-8(18)9(19)11(22-7)16-2-6(14-4-16)5-1-13-12(21)15-10(5)20/h1-2,4,7-9,11,17-19H,3H2,(H2,13,15,20,21)/t7-,8-,9-,11-/m1/s1. The molecule has 2 aromatic rings. The van der Waals surface area contributed by atoms with E-state index in [2.05, 4.69) is 15.0 Å². The van der Waals surface area contributed by atoms with Crippen LogP contribution >= 0.6 is 0 Å². The normalized spacial score (nSPS) is 28.1. The van der Waals surface area contributed by atoms with Crippen molar-refractivity contribution in [3.05, 3.63) is 39.6 Å². The fourth-order valence-electron chi connectivity index (χ4n) is 2.34. The summed E-state index contributed by atoms with van der Waals surface area (Å²) in [5.74, 6) is 0. The molecule has 0 aliphatic carbocycles. The van der Waals surface area contributed by atoms with E-state index in [1.54, 1.807) is 0 Å². The molecule has 0 amide bonds. The fourth-order valence-corrected chi connectivity index (χ4v) is 2.34. The molecule has 0 saturated carbocycles. The van der Waals surface area contributed by atoms with Crippen molar-refractivity contribution in [3.8, 4) is 11.3 Å². The summed E-state index contributed by atoms with van der Waals surface area (Å²) in [6.45, 7) is -0.435. The van der Waals surface area contributed by atoms with Crippen molar-refractivity contribution in [1.82, 2.24) is 19.5 Å². The second-order valence-corrected chi connectivity index (χ2v) is 4.92. The second-order valence-electron chi connectivity index (χ2n) is 4.92. The summed E-state index contributed by atoms with van der Waals surface area (Å²) in [4.78, 5) is 31.1. The highest BCUT2D eigenvalue weighted by Crippen LogP contribution is 2.29. The maximum absolute atomic E-state index is 11.7. The van der Waals surface area contributed by atoms with E-state index in [9.17, 15) is 19.8 Å². The summed E-state index contributed by atoms with van der Waals surface area (Å²) in [7, 11) is 0. The Bertz CT molecular complexity index is 780. The van der Waals surface area contributed by atoms with Gasteiger partial charge in [-0.2, -0.15) is 0 Å². The number of rotatable bonds is 3. The lowest BCUT2D eigenvalue weighted by Gasteiger charge is -2.15. The Balaban J connectivity index is 1.91. The average Bonchev–Trinajstić information content (AvgIpc) is 3.06. The predicted molar refractivity (Wildman–Crippen MR) is 71.9 cm³/mol. The number of nitrogens with zero attached hydrogens (tertiary/aromatic N) is 2. The van der Waals surface area contributed by atoms with E-state index in [-0.39, 0.29) is 11.3 Å². The lowest BCUT2D eigenvalue weighted by molar-refractivity contribution is -0.0527. The Morgan fingerprint density at radius 1 is 1.32 bits per heavy atom. The van der Waals surface area contributed by atoms with Gasteiger partial charge in [-0.15, -0.1) is 0 Å². The maximum atomic E-state index is 11.7. The van der Waals surface area contributed by atoms with Crippen molar-refractivity contribution >= 4 is 0 Å². The van der Waals surface area contributed by atoms with Crippen LogP contribution in [0.5, 0.6) is 0 Å². The molecule has 0 radical (unpaired) electrons. The van der Waals surface area contributed by atoms with Crippen molar-refractivity contribution < 1.29 is 20.1 Å². The number of aliphatic hydroxyl groups is 3. The van der Waals surface area contributed by atoms with Gasteiger partial charge in [0.05, 0.1) is 24.2 Å². The molecule has 22 heavy (non-hydrogen) atoms. The summed E-state index contributed by atoms with van der Waals surface area (Å²) < 4.78 is 6.73. The molecule has 10 nitrogen and oxygen atoms in total. The van der Waals surface area contributed by atoms with E-state index < -0.39 is 42.4 Å². The van der Waals surface area contributed by atoms with Crippen molar-refractivity contribution in [2.24, 2.45) is 0 Å². The van der Waals surface area contributed by atoms with Crippen LogP contribution in [0.1, 0.15) is 6.23 Å². The molecular formula is C12H14N4O6. The summed E-state index contributed by atoms with van der Waals surface area (Å²) in [5, 5.41) is 28.7. The van der Waals surface area contributed by atoms with Crippen LogP contribution in [0, 0.1) is 0 Å². The number of aliphatic hydroxyl groups excluding tert-OH is 3. The highest BCUT2D eigenvalue weighted by Gasteiger charge is 2.43. The van der Waals surface area contributed by atoms with Crippen molar-refractivity contribution in [2.45, 2.75) is 24.5 Å². The number of hydrogen-bond acceptors (Lipinski definition) is 7. The number of imidazole rings is 1. The van der Waals surface area contributed by atoms with Crippen LogP contribution < -0.4 is 11.2 Å². The van der Waals surface area contributed by atoms with Crippen molar-refractivity contribution in [3.63, 3.8) is 0 Å². The van der Waals surface area contributed by atoms with Gasteiger partial charge in [0.2, 0.25) is 0 Å². The number of H-pyrrole nitrogens is 2. The minimum absolute atomic E-state index is 0.144. The van der Waals surface area contributed by atoms with Crippen molar-refractivity contribution in [2.75, 3.05) is 6.61 Å². The maximum Gasteiger partial charge on any atom is 0.325 e. The van der Waals surface area contributed by atoms with Gasteiger partial charge in [-0.3, -0.25) is 9.78 Å². The Morgan fingerprint density at radius 2 is 2.09 bits per heavy atom. The van der Waals surface area contributed by atoms with Crippen LogP contribution in [-0.2, 0) is 4.74 Å². The molecule has 1 fully saturated rings. The first-order valence-electron chi connectivity index (χ1n) is 6.49. The zero-order chi connectivity index (χ0) is 15.9. The topological polar surface area (TPSA) is 153 Å². The third-order valence-corrected chi connectivity index (χ3v) is 3.51. The van der Waals surface area contributed by atoms with Crippen molar-refractivity contribution in [1.29, 1.82) is 0 Å². The number of ether oxygens (including phenoxy) is 1. The van der Waals surface area contributed by atoms with E-state index in [0.717, 1.165) is 0 Å².